The second-order valence-electron chi connectivity index (χ2n) is 3.93. The number of ketones is 1. The van der Waals surface area contributed by atoms with E-state index in [1.807, 2.05) is 0 Å². The molecule has 0 aliphatic rings. The van der Waals surface area contributed by atoms with Crippen LogP contribution < -0.4 is 9.47 Å². The summed E-state index contributed by atoms with van der Waals surface area (Å²) in [4.78, 5) is 12.3. The highest BCUT2D eigenvalue weighted by atomic mass is 19.3. The predicted octanol–water partition coefficient (Wildman–Crippen LogP) is 3.53. The first kappa shape index (κ1) is 14.0. The molecule has 2 aromatic carbocycles. The smallest absolute Gasteiger partial charge is 0.387 e. The number of carbonyl (C=O) groups excluding carboxylic acids is 1. The van der Waals surface area contributed by atoms with Crippen LogP contribution in [0.5, 0.6) is 11.5 Å². The van der Waals surface area contributed by atoms with Gasteiger partial charge in [0, 0.05) is 5.56 Å². The molecule has 0 bridgehead atoms. The van der Waals surface area contributed by atoms with Crippen LogP contribution in [0.3, 0.4) is 0 Å². The van der Waals surface area contributed by atoms with Crippen LogP contribution >= 0.6 is 0 Å². The molecule has 0 aliphatic heterocycles. The Morgan fingerprint density at radius 2 is 1.70 bits per heavy atom. The number of hydrogen-bond acceptors (Lipinski definition) is 3. The maximum atomic E-state index is 12.3. The molecule has 0 unspecified atom stereocenters. The summed E-state index contributed by atoms with van der Waals surface area (Å²) in [5.41, 5.74) is 0.467. The van der Waals surface area contributed by atoms with E-state index in [4.69, 9.17) is 4.74 Å². The Balaban J connectivity index is 2.32. The van der Waals surface area contributed by atoms with Gasteiger partial charge in [-0.25, -0.2) is 0 Å². The first-order chi connectivity index (χ1) is 9.61. The summed E-state index contributed by atoms with van der Waals surface area (Å²) in [7, 11) is 1.52. The molecule has 0 atom stereocenters. The molecule has 0 heterocycles. The molecule has 0 spiro atoms. The van der Waals surface area contributed by atoms with Crippen molar-refractivity contribution in [2.75, 3.05) is 7.11 Å². The van der Waals surface area contributed by atoms with Crippen molar-refractivity contribution in [2.24, 2.45) is 0 Å². The summed E-state index contributed by atoms with van der Waals surface area (Å²) in [5, 5.41) is 0. The quantitative estimate of drug-likeness (QED) is 0.785. The Hall–Kier alpha value is -2.43. The van der Waals surface area contributed by atoms with Gasteiger partial charge in [0.1, 0.15) is 11.5 Å². The van der Waals surface area contributed by atoms with Gasteiger partial charge in [-0.15, -0.1) is 0 Å². The van der Waals surface area contributed by atoms with Gasteiger partial charge >= 0.3 is 6.61 Å². The van der Waals surface area contributed by atoms with E-state index in [9.17, 15) is 13.6 Å². The molecule has 0 amide bonds. The summed E-state index contributed by atoms with van der Waals surface area (Å²) in [6.07, 6.45) is 0. The number of halogens is 2. The monoisotopic (exact) mass is 278 g/mol. The largest absolute Gasteiger partial charge is 0.497 e. The molecule has 104 valence electrons. The Morgan fingerprint density at radius 3 is 2.30 bits per heavy atom. The Labute approximate surface area is 114 Å². The first-order valence-electron chi connectivity index (χ1n) is 5.84. The van der Waals surface area contributed by atoms with Gasteiger partial charge in [-0.05, 0) is 36.4 Å². The molecule has 0 N–H and O–H groups in total. The zero-order valence-electron chi connectivity index (χ0n) is 10.7. The number of para-hydroxylation sites is 1. The highest BCUT2D eigenvalue weighted by Gasteiger charge is 2.16. The molecule has 2 aromatic rings. The molecule has 0 saturated heterocycles. The van der Waals surface area contributed by atoms with Gasteiger partial charge in [-0.2, -0.15) is 8.78 Å². The molecule has 5 heteroatoms. The van der Waals surface area contributed by atoms with Gasteiger partial charge in [0.15, 0.2) is 5.78 Å². The molecule has 20 heavy (non-hydrogen) atoms. The Morgan fingerprint density at radius 1 is 1.05 bits per heavy atom. The van der Waals surface area contributed by atoms with Crippen molar-refractivity contribution in [3.63, 3.8) is 0 Å². The number of hydrogen-bond donors (Lipinski definition) is 0. The van der Waals surface area contributed by atoms with Crippen LogP contribution in [0, 0.1) is 0 Å². The van der Waals surface area contributed by atoms with Crippen LogP contribution in [-0.2, 0) is 0 Å². The fourth-order valence-electron chi connectivity index (χ4n) is 1.75. The highest BCUT2D eigenvalue weighted by Crippen LogP contribution is 2.24. The Bertz CT molecular complexity index is 594. The van der Waals surface area contributed by atoms with Crippen molar-refractivity contribution in [3.8, 4) is 11.5 Å². The third kappa shape index (κ3) is 3.12. The SMILES string of the molecule is COc1ccc(C(=O)c2ccccc2OC(F)F)cc1. The van der Waals surface area contributed by atoms with Gasteiger partial charge in [-0.3, -0.25) is 4.79 Å². The number of benzene rings is 2. The molecule has 3 nitrogen and oxygen atoms in total. The maximum absolute atomic E-state index is 12.3. The van der Waals surface area contributed by atoms with Gasteiger partial charge in [0.2, 0.25) is 0 Å². The molecular formula is C15H12F2O3. The predicted molar refractivity (Wildman–Crippen MR) is 69.5 cm³/mol. The number of methoxy groups -OCH3 is 1. The lowest BCUT2D eigenvalue weighted by atomic mass is 10.0. The summed E-state index contributed by atoms with van der Waals surface area (Å²) < 4.78 is 34.0. The molecule has 0 saturated carbocycles. The summed E-state index contributed by atoms with van der Waals surface area (Å²) in [5.74, 6) is 0.0888. The number of carbonyl (C=O) groups is 1. The number of alkyl halides is 2. The van der Waals surface area contributed by atoms with Gasteiger partial charge in [0.25, 0.3) is 0 Å². The topological polar surface area (TPSA) is 35.5 Å². The van der Waals surface area contributed by atoms with Crippen molar-refractivity contribution < 1.29 is 23.0 Å². The van der Waals surface area contributed by atoms with E-state index in [1.54, 1.807) is 30.3 Å². The molecule has 2 rings (SSSR count). The van der Waals surface area contributed by atoms with Crippen molar-refractivity contribution in [2.45, 2.75) is 6.61 Å². The van der Waals surface area contributed by atoms with Crippen molar-refractivity contribution in [1.82, 2.24) is 0 Å². The number of ether oxygens (including phenoxy) is 2. The second kappa shape index (κ2) is 6.14. The van der Waals surface area contributed by atoms with E-state index in [-0.39, 0.29) is 17.1 Å². The summed E-state index contributed by atoms with van der Waals surface area (Å²) in [6, 6.07) is 12.3. The lowest BCUT2D eigenvalue weighted by molar-refractivity contribution is -0.0501. The third-order valence-corrected chi connectivity index (χ3v) is 2.70. The minimum Gasteiger partial charge on any atom is -0.497 e. The van der Waals surface area contributed by atoms with Gasteiger partial charge in [0.05, 0.1) is 12.7 Å². The van der Waals surface area contributed by atoms with Crippen molar-refractivity contribution >= 4 is 5.78 Å². The van der Waals surface area contributed by atoms with Crippen LogP contribution in [0.4, 0.5) is 8.78 Å². The summed E-state index contributed by atoms with van der Waals surface area (Å²) in [6.45, 7) is -2.97. The average Bonchev–Trinajstić information content (AvgIpc) is 2.46. The normalized spacial score (nSPS) is 10.4. The molecule has 0 fully saturated rings. The maximum Gasteiger partial charge on any atom is 0.387 e. The van der Waals surface area contributed by atoms with Crippen LogP contribution in [-0.4, -0.2) is 19.5 Å². The van der Waals surface area contributed by atoms with Gasteiger partial charge < -0.3 is 9.47 Å². The van der Waals surface area contributed by atoms with Gasteiger partial charge in [-0.1, -0.05) is 12.1 Å². The average molecular weight is 278 g/mol. The van der Waals surface area contributed by atoms with E-state index in [0.717, 1.165) is 0 Å². The van der Waals surface area contributed by atoms with Crippen molar-refractivity contribution in [1.29, 1.82) is 0 Å². The zero-order valence-corrected chi connectivity index (χ0v) is 10.7. The highest BCUT2D eigenvalue weighted by molar-refractivity contribution is 6.10. The van der Waals surface area contributed by atoms with E-state index in [0.29, 0.717) is 11.3 Å². The number of rotatable bonds is 5. The van der Waals surface area contributed by atoms with E-state index >= 15 is 0 Å². The minimum atomic E-state index is -2.97. The molecule has 0 aliphatic carbocycles. The van der Waals surface area contributed by atoms with E-state index < -0.39 is 6.61 Å². The third-order valence-electron chi connectivity index (χ3n) is 2.70. The van der Waals surface area contributed by atoms with E-state index in [1.165, 1.54) is 25.3 Å². The second-order valence-corrected chi connectivity index (χ2v) is 3.93. The molecular weight excluding hydrogens is 266 g/mol. The Kier molecular flexibility index (Phi) is 4.30. The van der Waals surface area contributed by atoms with Crippen LogP contribution in [0.2, 0.25) is 0 Å². The van der Waals surface area contributed by atoms with E-state index in [2.05, 4.69) is 4.74 Å². The lowest BCUT2D eigenvalue weighted by Crippen LogP contribution is -2.08. The molecule has 0 radical (unpaired) electrons. The van der Waals surface area contributed by atoms with Crippen LogP contribution in [0.15, 0.2) is 48.5 Å². The first-order valence-corrected chi connectivity index (χ1v) is 5.84. The lowest BCUT2D eigenvalue weighted by Gasteiger charge is -2.10. The van der Waals surface area contributed by atoms with Crippen LogP contribution in [0.1, 0.15) is 15.9 Å². The fraction of sp³-hybridized carbons (Fsp3) is 0.133. The summed E-state index contributed by atoms with van der Waals surface area (Å²) >= 11 is 0. The standard InChI is InChI=1S/C15H12F2O3/c1-19-11-8-6-10(7-9-11)14(18)12-4-2-3-5-13(12)20-15(16)17/h2-9,15H,1H3. The van der Waals surface area contributed by atoms with Crippen LogP contribution in [0.25, 0.3) is 0 Å². The zero-order chi connectivity index (χ0) is 14.5. The minimum absolute atomic E-state index is 0.0953. The van der Waals surface area contributed by atoms with Crippen molar-refractivity contribution in [3.05, 3.63) is 59.7 Å². The fourth-order valence-corrected chi connectivity index (χ4v) is 1.75. The molecule has 0 aromatic heterocycles.